The Kier molecular flexibility index (Phi) is 8.29. The fraction of sp³-hybridized carbons (Fsp3) is 0.306. The van der Waals surface area contributed by atoms with Gasteiger partial charge in [-0.3, -0.25) is 14.6 Å². The maximum Gasteiger partial charge on any atom is 0.255 e. The third-order valence-corrected chi connectivity index (χ3v) is 8.57. The molecule has 2 atom stereocenters. The number of aromatic nitrogens is 1. The van der Waals surface area contributed by atoms with Crippen LogP contribution in [0, 0.1) is 12.7 Å². The van der Waals surface area contributed by atoms with Crippen molar-refractivity contribution in [3.8, 4) is 22.6 Å². The zero-order valence-corrected chi connectivity index (χ0v) is 25.9. The minimum Gasteiger partial charge on any atom is -0.491 e. The summed E-state index contributed by atoms with van der Waals surface area (Å²) in [5.41, 5.74) is 4.81. The summed E-state index contributed by atoms with van der Waals surface area (Å²) in [7, 11) is 5.53. The molecule has 6 rings (SSSR count). The summed E-state index contributed by atoms with van der Waals surface area (Å²) in [6, 6.07) is 21.3. The second kappa shape index (κ2) is 12.3. The van der Waals surface area contributed by atoms with E-state index in [1.165, 1.54) is 12.1 Å². The van der Waals surface area contributed by atoms with Crippen LogP contribution in [0.5, 0.6) is 11.5 Å². The van der Waals surface area contributed by atoms with Gasteiger partial charge in [-0.05, 0) is 105 Å². The molecular weight excluding hydrogens is 571 g/mol. The molecule has 1 aliphatic carbocycles. The van der Waals surface area contributed by atoms with Crippen molar-refractivity contribution in [2.75, 3.05) is 34.3 Å². The predicted molar refractivity (Wildman–Crippen MR) is 170 cm³/mol. The van der Waals surface area contributed by atoms with Gasteiger partial charge in [0.25, 0.3) is 5.91 Å². The topological polar surface area (TPSA) is 92.8 Å². The largest absolute Gasteiger partial charge is 0.491 e. The molecule has 2 unspecified atom stereocenters. The monoisotopic (exact) mass is 608 g/mol. The normalized spacial score (nSPS) is 17.7. The van der Waals surface area contributed by atoms with Crippen molar-refractivity contribution >= 4 is 11.8 Å². The molecule has 0 bridgehead atoms. The summed E-state index contributed by atoms with van der Waals surface area (Å²) in [5.74, 6) is -0.330. The van der Waals surface area contributed by atoms with Crippen LogP contribution in [0.1, 0.15) is 57.6 Å². The number of benzene rings is 3. The van der Waals surface area contributed by atoms with E-state index in [-0.39, 0.29) is 17.6 Å². The predicted octanol–water partition coefficient (Wildman–Crippen LogP) is 5.52. The molecule has 3 aromatic carbocycles. The SMILES string of the molecule is CNC(=O)C1c2cc(-c3cc(C(=O)NC4(c5ccccn5)CC4)c(OCCN(C)C)cc3C)ccc2OC1c1ccc(F)cc1. The number of hydrogen-bond donors (Lipinski definition) is 2. The number of hydrogen-bond acceptors (Lipinski definition) is 6. The first-order chi connectivity index (χ1) is 21.7. The van der Waals surface area contributed by atoms with E-state index < -0.39 is 17.6 Å². The molecule has 4 aromatic rings. The molecule has 45 heavy (non-hydrogen) atoms. The average Bonchev–Trinajstić information content (AvgIpc) is 3.72. The van der Waals surface area contributed by atoms with Crippen molar-refractivity contribution in [3.63, 3.8) is 0 Å². The first kappa shape index (κ1) is 30.3. The first-order valence-corrected chi connectivity index (χ1v) is 15.1. The highest BCUT2D eigenvalue weighted by Crippen LogP contribution is 2.48. The van der Waals surface area contributed by atoms with Crippen LogP contribution in [0.4, 0.5) is 4.39 Å². The molecule has 1 fully saturated rings. The molecule has 8 nitrogen and oxygen atoms in total. The van der Waals surface area contributed by atoms with Gasteiger partial charge in [-0.15, -0.1) is 0 Å². The van der Waals surface area contributed by atoms with E-state index in [0.29, 0.717) is 35.8 Å². The Morgan fingerprint density at radius 2 is 1.84 bits per heavy atom. The average molecular weight is 609 g/mol. The molecule has 232 valence electrons. The van der Waals surface area contributed by atoms with Crippen LogP contribution >= 0.6 is 0 Å². The van der Waals surface area contributed by atoms with Gasteiger partial charge >= 0.3 is 0 Å². The maximum atomic E-state index is 13.9. The standard InChI is InChI=1S/C36H37FN4O4/c1-22-19-30(44-18-17-41(3)4)28(34(42)40-36(14-15-36)31-7-5-6-16-39-31)21-26(22)24-10-13-29-27(20-24)32(35(43)38-2)33(45-29)23-8-11-25(37)12-9-23/h5-13,16,19-21,32-33H,14-15,17-18H2,1-4H3,(H,38,43)(H,40,42). The summed E-state index contributed by atoms with van der Waals surface area (Å²) in [6.45, 7) is 3.10. The fourth-order valence-electron chi connectivity index (χ4n) is 5.91. The number of nitrogens with zero attached hydrogens (tertiary/aromatic N) is 2. The van der Waals surface area contributed by atoms with Crippen LogP contribution in [0.15, 0.2) is 79.0 Å². The number of nitrogens with one attached hydrogen (secondary N) is 2. The van der Waals surface area contributed by atoms with Gasteiger partial charge in [-0.25, -0.2) is 4.39 Å². The quantitative estimate of drug-likeness (QED) is 0.246. The van der Waals surface area contributed by atoms with Gasteiger partial charge in [0.1, 0.15) is 35.9 Å². The van der Waals surface area contributed by atoms with Gasteiger partial charge in [0.2, 0.25) is 5.91 Å². The Morgan fingerprint density at radius 3 is 2.51 bits per heavy atom. The van der Waals surface area contributed by atoms with Crippen LogP contribution in [0.2, 0.25) is 0 Å². The van der Waals surface area contributed by atoms with E-state index in [2.05, 4.69) is 15.6 Å². The molecule has 0 spiro atoms. The van der Waals surface area contributed by atoms with Crippen molar-refractivity contribution in [3.05, 3.63) is 113 Å². The van der Waals surface area contributed by atoms with E-state index in [9.17, 15) is 14.0 Å². The lowest BCUT2D eigenvalue weighted by molar-refractivity contribution is -0.123. The molecule has 9 heteroatoms. The van der Waals surface area contributed by atoms with Crippen LogP contribution in [-0.2, 0) is 10.3 Å². The van der Waals surface area contributed by atoms with Crippen LogP contribution in [0.25, 0.3) is 11.1 Å². The number of likely N-dealkylation sites (N-methyl/N-ethyl adjacent to an activating group) is 2. The van der Waals surface area contributed by atoms with Gasteiger partial charge in [-0.2, -0.15) is 0 Å². The first-order valence-electron chi connectivity index (χ1n) is 15.1. The number of halogens is 1. The van der Waals surface area contributed by atoms with Gasteiger partial charge < -0.3 is 25.0 Å². The minimum absolute atomic E-state index is 0.203. The van der Waals surface area contributed by atoms with Crippen molar-refractivity contribution in [1.29, 1.82) is 0 Å². The number of fused-ring (bicyclic) bond motifs is 1. The lowest BCUT2D eigenvalue weighted by Crippen LogP contribution is -2.35. The van der Waals surface area contributed by atoms with Gasteiger partial charge in [0.15, 0.2) is 0 Å². The Hall–Kier alpha value is -4.76. The second-order valence-corrected chi connectivity index (χ2v) is 12.0. The molecule has 2 aliphatic rings. The third kappa shape index (κ3) is 6.13. The molecule has 1 aromatic heterocycles. The van der Waals surface area contributed by atoms with Gasteiger partial charge in [0.05, 0.1) is 16.8 Å². The number of carbonyl (C=O) groups is 2. The molecule has 2 N–H and O–H groups in total. The summed E-state index contributed by atoms with van der Waals surface area (Å²) in [6.07, 6.45) is 2.76. The lowest BCUT2D eigenvalue weighted by atomic mass is 9.88. The van der Waals surface area contributed by atoms with E-state index in [1.807, 2.05) is 74.4 Å². The Bertz CT molecular complexity index is 1720. The van der Waals surface area contributed by atoms with Crippen molar-refractivity contribution in [2.45, 2.75) is 37.3 Å². The molecule has 0 radical (unpaired) electrons. The lowest BCUT2D eigenvalue weighted by Gasteiger charge is -2.21. The summed E-state index contributed by atoms with van der Waals surface area (Å²) in [5, 5.41) is 6.00. The third-order valence-electron chi connectivity index (χ3n) is 8.57. The highest BCUT2D eigenvalue weighted by molar-refractivity contribution is 5.99. The number of aryl methyl sites for hydroxylation is 1. The number of ether oxygens (including phenoxy) is 2. The van der Waals surface area contributed by atoms with Crippen LogP contribution < -0.4 is 20.1 Å². The molecule has 2 amide bonds. The second-order valence-electron chi connectivity index (χ2n) is 12.0. The van der Waals surface area contributed by atoms with E-state index >= 15 is 0 Å². The molecule has 2 heterocycles. The molecule has 1 aliphatic heterocycles. The number of rotatable bonds is 10. The van der Waals surface area contributed by atoms with E-state index in [0.717, 1.165) is 40.8 Å². The van der Waals surface area contributed by atoms with Gasteiger partial charge in [-0.1, -0.05) is 24.3 Å². The molecular formula is C36H37FN4O4. The van der Waals surface area contributed by atoms with E-state index in [1.54, 1.807) is 25.4 Å². The number of amides is 2. The fourth-order valence-corrected chi connectivity index (χ4v) is 5.91. The smallest absolute Gasteiger partial charge is 0.255 e. The van der Waals surface area contributed by atoms with E-state index in [4.69, 9.17) is 9.47 Å². The van der Waals surface area contributed by atoms with Gasteiger partial charge in [0, 0.05) is 25.4 Å². The zero-order chi connectivity index (χ0) is 31.7. The van der Waals surface area contributed by atoms with Crippen molar-refractivity contribution in [1.82, 2.24) is 20.5 Å². The van der Waals surface area contributed by atoms with Crippen LogP contribution in [-0.4, -0.2) is 56.0 Å². The number of pyridine rings is 1. The summed E-state index contributed by atoms with van der Waals surface area (Å²) >= 11 is 0. The molecule has 1 saturated carbocycles. The van der Waals surface area contributed by atoms with Crippen molar-refractivity contribution in [2.24, 2.45) is 0 Å². The highest BCUT2D eigenvalue weighted by Gasteiger charge is 2.47. The summed E-state index contributed by atoms with van der Waals surface area (Å²) in [4.78, 5) is 33.7. The highest BCUT2D eigenvalue weighted by atomic mass is 19.1. The Balaban J connectivity index is 1.37. The number of carbonyl (C=O) groups excluding carboxylic acids is 2. The maximum absolute atomic E-state index is 13.9. The zero-order valence-electron chi connectivity index (χ0n) is 25.9. The van der Waals surface area contributed by atoms with Crippen LogP contribution in [0.3, 0.4) is 0 Å². The summed E-state index contributed by atoms with van der Waals surface area (Å²) < 4.78 is 26.1. The Labute approximate surface area is 262 Å². The molecule has 0 saturated heterocycles. The Morgan fingerprint density at radius 1 is 1.07 bits per heavy atom. The van der Waals surface area contributed by atoms with Crippen molar-refractivity contribution < 1.29 is 23.5 Å². The minimum atomic E-state index is -0.639.